The highest BCUT2D eigenvalue weighted by molar-refractivity contribution is 5.91. The molecule has 0 atom stereocenters. The second kappa shape index (κ2) is 5.91. The molecular weight excluding hydrogens is 373 g/mol. The van der Waals surface area contributed by atoms with Gasteiger partial charge >= 0.3 is 6.18 Å². The van der Waals surface area contributed by atoms with Gasteiger partial charge < -0.3 is 9.32 Å². The minimum atomic E-state index is -4.49. The predicted molar refractivity (Wildman–Crippen MR) is 95.0 cm³/mol. The first kappa shape index (κ1) is 17.0. The molecule has 4 aromatic heterocycles. The van der Waals surface area contributed by atoms with Gasteiger partial charge in [0, 0.05) is 30.4 Å². The molecule has 0 amide bonds. The summed E-state index contributed by atoms with van der Waals surface area (Å²) in [6.07, 6.45) is 0.261. The van der Waals surface area contributed by atoms with Crippen LogP contribution in [0.3, 0.4) is 0 Å². The zero-order chi connectivity index (χ0) is 19.5. The first-order valence-corrected chi connectivity index (χ1v) is 8.84. The van der Waals surface area contributed by atoms with E-state index >= 15 is 0 Å². The van der Waals surface area contributed by atoms with Crippen LogP contribution in [0.25, 0.3) is 28.3 Å². The average molecular weight is 388 g/mol. The van der Waals surface area contributed by atoms with Gasteiger partial charge in [0.25, 0.3) is 5.89 Å². The molecule has 0 unspecified atom stereocenters. The highest BCUT2D eigenvalue weighted by Gasteiger charge is 2.34. The van der Waals surface area contributed by atoms with Crippen molar-refractivity contribution in [3.8, 4) is 11.6 Å². The number of rotatable bonds is 2. The summed E-state index contributed by atoms with van der Waals surface area (Å²) in [5.74, 6) is 0.202. The normalized spacial score (nSPS) is 15.2. The van der Waals surface area contributed by atoms with Gasteiger partial charge in [0.05, 0.1) is 11.3 Å². The Bertz CT molecular complexity index is 1180. The van der Waals surface area contributed by atoms with Gasteiger partial charge in [0.15, 0.2) is 5.65 Å². The van der Waals surface area contributed by atoms with Crippen molar-refractivity contribution >= 4 is 22.4 Å². The maximum absolute atomic E-state index is 13.7. The number of anilines is 1. The standard InChI is InChI=1S/C18H15F3N6O/c1-10-6-12(18(19,20)21)11-7-14(26-4-2-3-5-26)16-24-13(17-25-22-9-28-17)8-27(16)15(11)23-10/h6-9H,2-5H2,1H3. The van der Waals surface area contributed by atoms with E-state index in [0.29, 0.717) is 17.0 Å². The molecule has 1 aliphatic rings. The second-order valence-corrected chi connectivity index (χ2v) is 6.83. The summed E-state index contributed by atoms with van der Waals surface area (Å²) in [6.45, 7) is 3.08. The molecule has 0 aliphatic carbocycles. The molecule has 5 heterocycles. The van der Waals surface area contributed by atoms with E-state index in [-0.39, 0.29) is 22.6 Å². The molecule has 144 valence electrons. The van der Waals surface area contributed by atoms with Gasteiger partial charge in [0.2, 0.25) is 6.39 Å². The van der Waals surface area contributed by atoms with Crippen molar-refractivity contribution in [2.24, 2.45) is 0 Å². The van der Waals surface area contributed by atoms with Crippen molar-refractivity contribution < 1.29 is 17.6 Å². The second-order valence-electron chi connectivity index (χ2n) is 6.83. The van der Waals surface area contributed by atoms with Crippen LogP contribution in [0.2, 0.25) is 0 Å². The number of halogens is 3. The summed E-state index contributed by atoms with van der Waals surface area (Å²) in [5.41, 5.74) is 1.33. The lowest BCUT2D eigenvalue weighted by Gasteiger charge is -2.20. The Balaban J connectivity index is 1.89. The van der Waals surface area contributed by atoms with Crippen LogP contribution in [0.15, 0.2) is 29.1 Å². The van der Waals surface area contributed by atoms with Gasteiger partial charge in [-0.1, -0.05) is 0 Å². The number of aryl methyl sites for hydroxylation is 1. The third-order valence-corrected chi connectivity index (χ3v) is 4.94. The quantitative estimate of drug-likeness (QED) is 0.519. The summed E-state index contributed by atoms with van der Waals surface area (Å²) in [7, 11) is 0. The third kappa shape index (κ3) is 2.59. The van der Waals surface area contributed by atoms with Crippen LogP contribution < -0.4 is 4.90 Å². The van der Waals surface area contributed by atoms with Gasteiger partial charge in [-0.25, -0.2) is 9.97 Å². The largest absolute Gasteiger partial charge is 0.422 e. The molecule has 1 aliphatic heterocycles. The molecule has 0 N–H and O–H groups in total. The molecule has 0 bridgehead atoms. The summed E-state index contributed by atoms with van der Waals surface area (Å²) >= 11 is 0. The van der Waals surface area contributed by atoms with Crippen LogP contribution in [0.1, 0.15) is 24.1 Å². The topological polar surface area (TPSA) is 72.4 Å². The van der Waals surface area contributed by atoms with Gasteiger partial charge in [-0.3, -0.25) is 4.40 Å². The van der Waals surface area contributed by atoms with E-state index in [1.54, 1.807) is 23.6 Å². The summed E-state index contributed by atoms with van der Waals surface area (Å²) in [4.78, 5) is 11.0. The third-order valence-electron chi connectivity index (χ3n) is 4.94. The van der Waals surface area contributed by atoms with Gasteiger partial charge in [-0.05, 0) is 31.9 Å². The first-order chi connectivity index (χ1) is 13.4. The molecule has 28 heavy (non-hydrogen) atoms. The van der Waals surface area contributed by atoms with Crippen molar-refractivity contribution in [2.45, 2.75) is 25.9 Å². The number of aromatic nitrogens is 5. The number of pyridine rings is 2. The molecule has 0 saturated carbocycles. The average Bonchev–Trinajstić information content (AvgIpc) is 3.39. The maximum Gasteiger partial charge on any atom is 0.417 e. The number of hydrogen-bond donors (Lipinski definition) is 0. The molecule has 5 rings (SSSR count). The Labute approximate surface area is 156 Å². The smallest absolute Gasteiger partial charge is 0.417 e. The number of alkyl halides is 3. The first-order valence-electron chi connectivity index (χ1n) is 8.84. The number of nitrogens with zero attached hydrogens (tertiary/aromatic N) is 6. The van der Waals surface area contributed by atoms with Crippen molar-refractivity contribution in [3.05, 3.63) is 36.0 Å². The Morgan fingerprint density at radius 2 is 1.86 bits per heavy atom. The van der Waals surface area contributed by atoms with Crippen molar-refractivity contribution in [3.63, 3.8) is 0 Å². The maximum atomic E-state index is 13.7. The Morgan fingerprint density at radius 1 is 1.07 bits per heavy atom. The Kier molecular flexibility index (Phi) is 3.58. The van der Waals surface area contributed by atoms with Crippen molar-refractivity contribution in [1.82, 2.24) is 24.6 Å². The van der Waals surface area contributed by atoms with E-state index in [0.717, 1.165) is 32.0 Å². The highest BCUT2D eigenvalue weighted by atomic mass is 19.4. The number of fused-ring (bicyclic) bond motifs is 3. The molecule has 0 spiro atoms. The van der Waals surface area contributed by atoms with Crippen molar-refractivity contribution in [1.29, 1.82) is 0 Å². The number of imidazole rings is 1. The van der Waals surface area contributed by atoms with Gasteiger partial charge in [-0.15, -0.1) is 10.2 Å². The summed E-state index contributed by atoms with van der Waals surface area (Å²) in [6, 6.07) is 2.63. The lowest BCUT2D eigenvalue weighted by molar-refractivity contribution is -0.136. The van der Waals surface area contributed by atoms with Crippen LogP contribution in [-0.4, -0.2) is 37.7 Å². The van der Waals surface area contributed by atoms with E-state index in [1.807, 2.05) is 0 Å². The van der Waals surface area contributed by atoms with Crippen LogP contribution in [0.4, 0.5) is 18.9 Å². The zero-order valence-electron chi connectivity index (χ0n) is 14.9. The zero-order valence-corrected chi connectivity index (χ0v) is 14.9. The van der Waals surface area contributed by atoms with Crippen molar-refractivity contribution in [2.75, 3.05) is 18.0 Å². The molecule has 0 aromatic carbocycles. The van der Waals surface area contributed by atoms with Gasteiger partial charge in [0.1, 0.15) is 11.3 Å². The Hall–Kier alpha value is -3.17. The Morgan fingerprint density at radius 3 is 2.54 bits per heavy atom. The monoisotopic (exact) mass is 388 g/mol. The fourth-order valence-electron chi connectivity index (χ4n) is 3.73. The fraction of sp³-hybridized carbons (Fsp3) is 0.333. The molecule has 7 nitrogen and oxygen atoms in total. The van der Waals surface area contributed by atoms with Crippen LogP contribution in [0.5, 0.6) is 0 Å². The van der Waals surface area contributed by atoms with Crippen LogP contribution in [0, 0.1) is 6.92 Å². The van der Waals surface area contributed by atoms with E-state index in [2.05, 4.69) is 25.1 Å². The predicted octanol–water partition coefficient (Wildman–Crippen LogP) is 3.86. The minimum Gasteiger partial charge on any atom is -0.422 e. The molecule has 4 aromatic rings. The van der Waals surface area contributed by atoms with Crippen LogP contribution in [-0.2, 0) is 6.18 Å². The molecule has 10 heteroatoms. The molecule has 0 radical (unpaired) electrons. The number of hydrogen-bond acceptors (Lipinski definition) is 6. The summed E-state index contributed by atoms with van der Waals surface area (Å²) in [5, 5.41) is 7.55. The highest BCUT2D eigenvalue weighted by Crippen LogP contribution is 2.38. The lowest BCUT2D eigenvalue weighted by Crippen LogP contribution is -2.19. The van der Waals surface area contributed by atoms with E-state index < -0.39 is 11.7 Å². The fourth-order valence-corrected chi connectivity index (χ4v) is 3.73. The van der Waals surface area contributed by atoms with E-state index in [9.17, 15) is 13.2 Å². The van der Waals surface area contributed by atoms with E-state index in [4.69, 9.17) is 4.42 Å². The van der Waals surface area contributed by atoms with Crippen LogP contribution >= 0.6 is 0 Å². The molecule has 1 saturated heterocycles. The minimum absolute atomic E-state index is 0.0435. The summed E-state index contributed by atoms with van der Waals surface area (Å²) < 4.78 is 48.0. The SMILES string of the molecule is Cc1cc(C(F)(F)F)c2cc(N3CCCC3)c3nc(-c4nnco4)cn3c2n1. The van der Waals surface area contributed by atoms with Gasteiger partial charge in [-0.2, -0.15) is 13.2 Å². The lowest BCUT2D eigenvalue weighted by atomic mass is 10.1. The molecule has 1 fully saturated rings. The van der Waals surface area contributed by atoms with E-state index in [1.165, 1.54) is 6.39 Å². The molecular formula is C18H15F3N6O.